The van der Waals surface area contributed by atoms with E-state index in [1.54, 1.807) is 18.3 Å². The van der Waals surface area contributed by atoms with Crippen LogP contribution in [0.1, 0.15) is 24.8 Å². The van der Waals surface area contributed by atoms with Crippen LogP contribution in [0.15, 0.2) is 18.3 Å². The van der Waals surface area contributed by atoms with E-state index in [0.717, 1.165) is 18.3 Å². The first-order valence-corrected chi connectivity index (χ1v) is 4.99. The number of nitriles is 1. The Morgan fingerprint density at radius 3 is 3.14 bits per heavy atom. The maximum absolute atomic E-state index is 8.81. The van der Waals surface area contributed by atoms with Gasteiger partial charge in [0.25, 0.3) is 0 Å². The van der Waals surface area contributed by atoms with E-state index >= 15 is 0 Å². The predicted octanol–water partition coefficient (Wildman–Crippen LogP) is 2.17. The van der Waals surface area contributed by atoms with E-state index in [4.69, 9.17) is 5.26 Å². The van der Waals surface area contributed by atoms with Crippen LogP contribution in [0.3, 0.4) is 0 Å². The second kappa shape index (κ2) is 4.10. The van der Waals surface area contributed by atoms with Gasteiger partial charge in [0.05, 0.1) is 5.56 Å². The van der Waals surface area contributed by atoms with Crippen LogP contribution in [0.5, 0.6) is 0 Å². The average Bonchev–Trinajstić information content (AvgIpc) is 3.03. The molecule has 0 aliphatic heterocycles. The Morgan fingerprint density at radius 1 is 1.57 bits per heavy atom. The molecule has 1 heterocycles. The molecule has 0 aromatic carbocycles. The second-order valence-corrected chi connectivity index (χ2v) is 3.67. The Hall–Kier alpha value is -1.56. The van der Waals surface area contributed by atoms with Gasteiger partial charge in [-0.1, -0.05) is 12.8 Å². The average molecular weight is 187 g/mol. The molecule has 3 nitrogen and oxygen atoms in total. The second-order valence-electron chi connectivity index (χ2n) is 3.67. The normalized spacial score (nSPS) is 14.8. The van der Waals surface area contributed by atoms with Crippen LogP contribution in [0.25, 0.3) is 0 Å². The molecule has 1 aliphatic carbocycles. The summed E-state index contributed by atoms with van der Waals surface area (Å²) < 4.78 is 0. The first-order valence-electron chi connectivity index (χ1n) is 4.99. The standard InChI is InChI=1S/C11H13N3/c12-8-10-2-1-6-13-11(10)14-7-5-9-3-4-9/h1-2,6,9H,3-5,7H2,(H,13,14). The van der Waals surface area contributed by atoms with Crippen molar-refractivity contribution in [1.82, 2.24) is 4.98 Å². The molecular formula is C11H13N3. The fourth-order valence-electron chi connectivity index (χ4n) is 1.44. The van der Waals surface area contributed by atoms with E-state index in [-0.39, 0.29) is 0 Å². The minimum atomic E-state index is 0.628. The highest BCUT2D eigenvalue weighted by molar-refractivity contribution is 5.50. The van der Waals surface area contributed by atoms with Crippen molar-refractivity contribution in [2.75, 3.05) is 11.9 Å². The highest BCUT2D eigenvalue weighted by Crippen LogP contribution is 2.32. The highest BCUT2D eigenvalue weighted by Gasteiger charge is 2.20. The van der Waals surface area contributed by atoms with Gasteiger partial charge >= 0.3 is 0 Å². The van der Waals surface area contributed by atoms with Crippen LogP contribution in [0.2, 0.25) is 0 Å². The third-order valence-corrected chi connectivity index (χ3v) is 2.47. The maximum atomic E-state index is 8.81. The fourth-order valence-corrected chi connectivity index (χ4v) is 1.44. The SMILES string of the molecule is N#Cc1cccnc1NCCC1CC1. The summed E-state index contributed by atoms with van der Waals surface area (Å²) in [5.41, 5.74) is 0.628. The van der Waals surface area contributed by atoms with Crippen LogP contribution >= 0.6 is 0 Å². The smallest absolute Gasteiger partial charge is 0.143 e. The molecule has 1 N–H and O–H groups in total. The zero-order valence-electron chi connectivity index (χ0n) is 8.03. The molecule has 1 aromatic rings. The number of pyridine rings is 1. The summed E-state index contributed by atoms with van der Waals surface area (Å²) >= 11 is 0. The van der Waals surface area contributed by atoms with Gasteiger partial charge in [-0.05, 0) is 24.5 Å². The van der Waals surface area contributed by atoms with Crippen molar-refractivity contribution in [2.45, 2.75) is 19.3 Å². The number of nitrogens with zero attached hydrogens (tertiary/aromatic N) is 2. The molecule has 0 atom stereocenters. The van der Waals surface area contributed by atoms with Crippen LogP contribution in [-0.4, -0.2) is 11.5 Å². The summed E-state index contributed by atoms with van der Waals surface area (Å²) in [5, 5.41) is 12.0. The molecule has 2 rings (SSSR count). The molecule has 0 radical (unpaired) electrons. The molecule has 1 saturated carbocycles. The number of nitrogens with one attached hydrogen (secondary N) is 1. The minimum absolute atomic E-state index is 0.628. The summed E-state index contributed by atoms with van der Waals surface area (Å²) in [5.74, 6) is 1.63. The van der Waals surface area contributed by atoms with Gasteiger partial charge in [-0.25, -0.2) is 4.98 Å². The molecule has 1 aromatic heterocycles. The van der Waals surface area contributed by atoms with E-state index in [0.29, 0.717) is 5.56 Å². The third kappa shape index (κ3) is 2.23. The highest BCUT2D eigenvalue weighted by atomic mass is 15.0. The topological polar surface area (TPSA) is 48.7 Å². The third-order valence-electron chi connectivity index (χ3n) is 2.47. The van der Waals surface area contributed by atoms with Crippen LogP contribution in [0.4, 0.5) is 5.82 Å². The van der Waals surface area contributed by atoms with E-state index in [1.165, 1.54) is 19.3 Å². The molecular weight excluding hydrogens is 174 g/mol. The molecule has 72 valence electrons. The molecule has 0 unspecified atom stereocenters. The van der Waals surface area contributed by atoms with Crippen molar-refractivity contribution >= 4 is 5.82 Å². The van der Waals surface area contributed by atoms with E-state index in [2.05, 4.69) is 16.4 Å². The zero-order valence-corrected chi connectivity index (χ0v) is 8.03. The minimum Gasteiger partial charge on any atom is -0.369 e. The summed E-state index contributed by atoms with van der Waals surface area (Å²) in [6, 6.07) is 5.69. The lowest BCUT2D eigenvalue weighted by molar-refractivity contribution is 0.758. The Labute approximate surface area is 83.8 Å². The monoisotopic (exact) mass is 187 g/mol. The number of hydrogen-bond acceptors (Lipinski definition) is 3. The van der Waals surface area contributed by atoms with Gasteiger partial charge < -0.3 is 5.32 Å². The maximum Gasteiger partial charge on any atom is 0.143 e. The number of hydrogen-bond donors (Lipinski definition) is 1. The summed E-state index contributed by atoms with van der Waals surface area (Å²) in [6.45, 7) is 0.927. The molecule has 1 aliphatic rings. The van der Waals surface area contributed by atoms with E-state index in [1.807, 2.05) is 0 Å². The van der Waals surface area contributed by atoms with E-state index < -0.39 is 0 Å². The van der Waals surface area contributed by atoms with Crippen molar-refractivity contribution in [3.8, 4) is 6.07 Å². The van der Waals surface area contributed by atoms with Crippen LogP contribution in [0, 0.1) is 17.2 Å². The molecule has 1 fully saturated rings. The largest absolute Gasteiger partial charge is 0.369 e. The number of rotatable bonds is 4. The summed E-state index contributed by atoms with van der Waals surface area (Å²) in [4.78, 5) is 4.13. The Bertz CT molecular complexity index is 350. The molecule has 3 heteroatoms. The van der Waals surface area contributed by atoms with Crippen molar-refractivity contribution in [3.63, 3.8) is 0 Å². The van der Waals surface area contributed by atoms with Gasteiger partial charge in [-0.3, -0.25) is 0 Å². The van der Waals surface area contributed by atoms with Crippen molar-refractivity contribution in [3.05, 3.63) is 23.9 Å². The van der Waals surface area contributed by atoms with E-state index in [9.17, 15) is 0 Å². The van der Waals surface area contributed by atoms with Crippen molar-refractivity contribution in [2.24, 2.45) is 5.92 Å². The Morgan fingerprint density at radius 2 is 2.43 bits per heavy atom. The van der Waals surface area contributed by atoms with Crippen LogP contribution in [-0.2, 0) is 0 Å². The molecule has 14 heavy (non-hydrogen) atoms. The van der Waals surface area contributed by atoms with Crippen molar-refractivity contribution in [1.29, 1.82) is 5.26 Å². The summed E-state index contributed by atoms with van der Waals surface area (Å²) in [7, 11) is 0. The van der Waals surface area contributed by atoms with Gasteiger partial charge in [0, 0.05) is 12.7 Å². The molecule has 0 saturated heterocycles. The molecule has 0 bridgehead atoms. The fraction of sp³-hybridized carbons (Fsp3) is 0.455. The quantitative estimate of drug-likeness (QED) is 0.785. The van der Waals surface area contributed by atoms with Gasteiger partial charge in [-0.2, -0.15) is 5.26 Å². The van der Waals surface area contributed by atoms with Gasteiger partial charge in [0.2, 0.25) is 0 Å². The molecule has 0 amide bonds. The lowest BCUT2D eigenvalue weighted by Crippen LogP contribution is -2.05. The first kappa shape index (κ1) is 9.01. The zero-order chi connectivity index (χ0) is 9.80. The van der Waals surface area contributed by atoms with Crippen molar-refractivity contribution < 1.29 is 0 Å². The number of anilines is 1. The lowest BCUT2D eigenvalue weighted by Gasteiger charge is -2.05. The summed E-state index contributed by atoms with van der Waals surface area (Å²) in [6.07, 6.45) is 5.64. The van der Waals surface area contributed by atoms with Gasteiger partial charge in [-0.15, -0.1) is 0 Å². The lowest BCUT2D eigenvalue weighted by atomic mass is 10.2. The number of aromatic nitrogens is 1. The Kier molecular flexibility index (Phi) is 2.64. The molecule has 0 spiro atoms. The van der Waals surface area contributed by atoms with Gasteiger partial charge in [0.1, 0.15) is 11.9 Å². The first-order chi connectivity index (χ1) is 6.90. The van der Waals surface area contributed by atoms with Gasteiger partial charge in [0.15, 0.2) is 0 Å². The van der Waals surface area contributed by atoms with Crippen LogP contribution < -0.4 is 5.32 Å². The predicted molar refractivity (Wildman–Crippen MR) is 54.8 cm³/mol. The Balaban J connectivity index is 1.90.